The molecule has 0 spiro atoms. The van der Waals surface area contributed by atoms with E-state index >= 15 is 0 Å². The van der Waals surface area contributed by atoms with Crippen molar-refractivity contribution in [3.8, 4) is 6.07 Å². The summed E-state index contributed by atoms with van der Waals surface area (Å²) in [6.45, 7) is 0. The smallest absolute Gasteiger partial charge is 0.201 e. The molecule has 4 N–H and O–H groups in total. The Bertz CT molecular complexity index is 673. The first-order valence-corrected chi connectivity index (χ1v) is 7.10. The second-order valence-corrected chi connectivity index (χ2v) is 5.37. The minimum absolute atomic E-state index is 0.00732. The van der Waals surface area contributed by atoms with Crippen LogP contribution in [0.2, 0.25) is 0 Å². The predicted octanol–water partition coefficient (Wildman–Crippen LogP) is 2.75. The average molecular weight is 341 g/mol. The molecular weight excluding hydrogens is 326 g/mol. The van der Waals surface area contributed by atoms with Crippen molar-refractivity contribution in [3.05, 3.63) is 29.8 Å². The summed E-state index contributed by atoms with van der Waals surface area (Å²) in [5.41, 5.74) is 7.15. The number of alkyl halides is 4. The highest BCUT2D eigenvalue weighted by Gasteiger charge is 2.47. The quantitative estimate of drug-likeness (QED) is 0.340. The fourth-order valence-corrected chi connectivity index (χ4v) is 2.59. The lowest BCUT2D eigenvalue weighted by Gasteiger charge is -2.35. The van der Waals surface area contributed by atoms with Crippen LogP contribution in [0.1, 0.15) is 17.9 Å². The van der Waals surface area contributed by atoms with Crippen molar-refractivity contribution < 1.29 is 17.6 Å². The molecule has 0 bridgehead atoms. The first-order chi connectivity index (χ1) is 11.4. The Morgan fingerprint density at radius 2 is 1.79 bits per heavy atom. The van der Waals surface area contributed by atoms with Gasteiger partial charge in [0.1, 0.15) is 30.8 Å². The van der Waals surface area contributed by atoms with Gasteiger partial charge in [-0.1, -0.05) is 18.2 Å². The topological polar surface area (TPSA) is 98.0 Å². The Balaban J connectivity index is 2.38. The molecule has 9 heteroatoms. The normalized spacial score (nSPS) is 30.5. The summed E-state index contributed by atoms with van der Waals surface area (Å²) in [5, 5.41) is 19.5. The summed E-state index contributed by atoms with van der Waals surface area (Å²) in [7, 11) is 0. The van der Waals surface area contributed by atoms with Gasteiger partial charge in [0.15, 0.2) is 5.84 Å². The van der Waals surface area contributed by atoms with E-state index in [2.05, 4.69) is 10.5 Å². The third-order valence-corrected chi connectivity index (χ3v) is 3.80. The predicted molar refractivity (Wildman–Crippen MR) is 82.0 cm³/mol. The molecule has 1 saturated carbocycles. The lowest BCUT2D eigenvalue weighted by atomic mass is 9.78. The second-order valence-electron chi connectivity index (χ2n) is 5.37. The number of benzene rings is 1. The van der Waals surface area contributed by atoms with Crippen LogP contribution < -0.4 is 11.2 Å². The Morgan fingerprint density at radius 3 is 2.33 bits per heavy atom. The number of para-hydroxylation sites is 1. The number of hydrazone groups is 1. The maximum Gasteiger partial charge on any atom is 0.201 e. The molecule has 1 aliphatic carbocycles. The third-order valence-electron chi connectivity index (χ3n) is 3.80. The molecule has 0 heterocycles. The lowest BCUT2D eigenvalue weighted by Crippen LogP contribution is -2.44. The molecule has 0 aromatic heterocycles. The summed E-state index contributed by atoms with van der Waals surface area (Å²) in [5.74, 6) is -2.25. The summed E-state index contributed by atoms with van der Waals surface area (Å²) in [4.78, 5) is 0. The lowest BCUT2D eigenvalue weighted by molar-refractivity contribution is -0.00551. The van der Waals surface area contributed by atoms with Gasteiger partial charge in [0.05, 0.1) is 11.6 Å². The van der Waals surface area contributed by atoms with Crippen molar-refractivity contribution in [1.29, 1.82) is 10.7 Å². The first kappa shape index (κ1) is 17.7. The standard InChI is InChI=1S/C15H15F4N5/c16-8-5-9(17)14(19)12(13(8)18)7-3-1-2-4-10(7)23-24-11(6-20)15(21)22/h1-4,8-9,12-14,23H,5H2,(H3,21,22)/b24-11+. The summed E-state index contributed by atoms with van der Waals surface area (Å²) in [6, 6.07) is 7.27. The molecule has 2 rings (SSSR count). The largest absolute Gasteiger partial charge is 0.382 e. The molecular formula is C15H15F4N5. The van der Waals surface area contributed by atoms with E-state index < -0.39 is 48.6 Å². The van der Waals surface area contributed by atoms with Crippen LogP contribution in [0.3, 0.4) is 0 Å². The second kappa shape index (κ2) is 7.29. The van der Waals surface area contributed by atoms with Crippen LogP contribution in [0.25, 0.3) is 0 Å². The number of amidine groups is 1. The number of halogens is 4. The molecule has 4 atom stereocenters. The Hall–Kier alpha value is -2.63. The van der Waals surface area contributed by atoms with E-state index in [-0.39, 0.29) is 11.3 Å². The molecule has 0 radical (unpaired) electrons. The molecule has 0 amide bonds. The van der Waals surface area contributed by atoms with Crippen LogP contribution in [-0.2, 0) is 0 Å². The van der Waals surface area contributed by atoms with Crippen molar-refractivity contribution in [2.75, 3.05) is 5.43 Å². The van der Waals surface area contributed by atoms with E-state index in [1.54, 1.807) is 6.07 Å². The van der Waals surface area contributed by atoms with Gasteiger partial charge in [-0.15, -0.1) is 0 Å². The van der Waals surface area contributed by atoms with E-state index in [4.69, 9.17) is 16.4 Å². The first-order valence-electron chi connectivity index (χ1n) is 7.10. The van der Waals surface area contributed by atoms with Gasteiger partial charge in [-0.3, -0.25) is 10.8 Å². The van der Waals surface area contributed by atoms with Crippen LogP contribution in [-0.4, -0.2) is 36.2 Å². The zero-order valence-electron chi connectivity index (χ0n) is 12.4. The summed E-state index contributed by atoms with van der Waals surface area (Å²) in [6.07, 6.45) is -9.46. The fourth-order valence-electron chi connectivity index (χ4n) is 2.59. The highest BCUT2D eigenvalue weighted by atomic mass is 19.2. The number of anilines is 1. The number of nitrogens with one attached hydrogen (secondary N) is 2. The van der Waals surface area contributed by atoms with Crippen LogP contribution in [0.5, 0.6) is 0 Å². The van der Waals surface area contributed by atoms with Gasteiger partial charge in [-0.05, 0) is 11.6 Å². The number of nitrogens with zero attached hydrogens (tertiary/aromatic N) is 2. The number of nitrogens with two attached hydrogens (primary N) is 1. The van der Waals surface area contributed by atoms with Gasteiger partial charge in [-0.25, -0.2) is 17.6 Å². The Labute approximate surface area is 135 Å². The highest BCUT2D eigenvalue weighted by Crippen LogP contribution is 2.42. The van der Waals surface area contributed by atoms with Crippen molar-refractivity contribution in [2.24, 2.45) is 10.8 Å². The maximum atomic E-state index is 14.2. The molecule has 5 nitrogen and oxygen atoms in total. The molecule has 1 aromatic carbocycles. The van der Waals surface area contributed by atoms with Gasteiger partial charge in [0.2, 0.25) is 5.71 Å². The molecule has 128 valence electrons. The van der Waals surface area contributed by atoms with Crippen molar-refractivity contribution in [1.82, 2.24) is 0 Å². The van der Waals surface area contributed by atoms with Crippen LogP contribution >= 0.6 is 0 Å². The number of rotatable bonds is 4. The number of hydrogen-bond donors (Lipinski definition) is 3. The van der Waals surface area contributed by atoms with E-state index in [0.717, 1.165) is 0 Å². The van der Waals surface area contributed by atoms with Gasteiger partial charge < -0.3 is 5.73 Å². The van der Waals surface area contributed by atoms with Crippen molar-refractivity contribution in [2.45, 2.75) is 37.0 Å². The van der Waals surface area contributed by atoms with E-state index in [1.165, 1.54) is 24.3 Å². The molecule has 0 aliphatic heterocycles. The minimum atomic E-state index is -2.21. The highest BCUT2D eigenvalue weighted by molar-refractivity contribution is 6.45. The molecule has 1 fully saturated rings. The van der Waals surface area contributed by atoms with E-state index in [0.29, 0.717) is 0 Å². The van der Waals surface area contributed by atoms with Crippen molar-refractivity contribution >= 4 is 17.2 Å². The Kier molecular flexibility index (Phi) is 5.39. The third kappa shape index (κ3) is 3.48. The van der Waals surface area contributed by atoms with Crippen LogP contribution in [0, 0.1) is 16.7 Å². The molecule has 24 heavy (non-hydrogen) atoms. The van der Waals surface area contributed by atoms with Gasteiger partial charge in [0, 0.05) is 6.42 Å². The van der Waals surface area contributed by atoms with Gasteiger partial charge in [0.25, 0.3) is 0 Å². The zero-order chi connectivity index (χ0) is 17.9. The number of hydrogen-bond acceptors (Lipinski definition) is 4. The molecule has 1 aliphatic rings. The Morgan fingerprint density at radius 1 is 1.21 bits per heavy atom. The molecule has 1 aromatic rings. The van der Waals surface area contributed by atoms with Crippen molar-refractivity contribution in [3.63, 3.8) is 0 Å². The summed E-state index contributed by atoms with van der Waals surface area (Å²) >= 11 is 0. The van der Waals surface area contributed by atoms with Crippen LogP contribution in [0.4, 0.5) is 23.2 Å². The SMILES string of the molecule is N#C/C(=N\Nc1ccccc1C1C(F)C(F)CC(F)C1F)C(=N)N. The van der Waals surface area contributed by atoms with E-state index in [1.807, 2.05) is 0 Å². The van der Waals surface area contributed by atoms with E-state index in [9.17, 15) is 17.6 Å². The van der Waals surface area contributed by atoms with Crippen LogP contribution in [0.15, 0.2) is 29.4 Å². The molecule has 0 saturated heterocycles. The maximum absolute atomic E-state index is 14.2. The van der Waals surface area contributed by atoms with Gasteiger partial charge >= 0.3 is 0 Å². The fraction of sp³-hybridized carbons (Fsp3) is 0.400. The monoisotopic (exact) mass is 341 g/mol. The zero-order valence-corrected chi connectivity index (χ0v) is 12.4. The number of nitriles is 1. The van der Waals surface area contributed by atoms with Gasteiger partial charge in [-0.2, -0.15) is 10.4 Å². The average Bonchev–Trinajstić information content (AvgIpc) is 2.55. The minimum Gasteiger partial charge on any atom is -0.382 e. The summed E-state index contributed by atoms with van der Waals surface area (Å²) < 4.78 is 55.6. The molecule has 4 unspecified atom stereocenters.